The summed E-state index contributed by atoms with van der Waals surface area (Å²) in [5.41, 5.74) is -0.165. The summed E-state index contributed by atoms with van der Waals surface area (Å²) in [5, 5.41) is 0.738. The Bertz CT molecular complexity index is 327. The summed E-state index contributed by atoms with van der Waals surface area (Å²) in [6, 6.07) is 7.54. The Balaban J connectivity index is 2.76. The molecule has 1 aromatic carbocycles. The Morgan fingerprint density at radius 3 is 2.00 bits per heavy atom. The van der Waals surface area contributed by atoms with Crippen LogP contribution in [0, 0.1) is 11.8 Å². The second-order valence-corrected chi connectivity index (χ2v) is 5.63. The first-order valence-corrected chi connectivity index (χ1v) is 6.15. The zero-order chi connectivity index (χ0) is 12.3. The molecule has 0 fully saturated rings. The number of halogens is 1. The molecule has 0 bridgehead atoms. The summed E-state index contributed by atoms with van der Waals surface area (Å²) in [6.45, 7) is 10.9. The minimum Gasteiger partial charge on any atom is -0.488 e. The van der Waals surface area contributed by atoms with Crippen LogP contribution in [0.25, 0.3) is 0 Å². The molecule has 16 heavy (non-hydrogen) atoms. The van der Waals surface area contributed by atoms with E-state index in [2.05, 4.69) is 34.6 Å². The Hall–Kier alpha value is -0.690. The SMILES string of the molecule is CC(C)C(C)C(C)(C)Oc1ccc(Cl)cc1. The normalized spacial score (nSPS) is 13.9. The summed E-state index contributed by atoms with van der Waals surface area (Å²) >= 11 is 5.84. The van der Waals surface area contributed by atoms with Gasteiger partial charge < -0.3 is 4.74 Å². The largest absolute Gasteiger partial charge is 0.488 e. The van der Waals surface area contributed by atoms with Crippen LogP contribution in [0.2, 0.25) is 5.02 Å². The van der Waals surface area contributed by atoms with Gasteiger partial charge in [-0.2, -0.15) is 0 Å². The van der Waals surface area contributed by atoms with Gasteiger partial charge in [0.05, 0.1) is 0 Å². The van der Waals surface area contributed by atoms with E-state index in [-0.39, 0.29) is 5.60 Å². The third kappa shape index (κ3) is 3.41. The van der Waals surface area contributed by atoms with Crippen molar-refractivity contribution in [2.75, 3.05) is 0 Å². The van der Waals surface area contributed by atoms with Gasteiger partial charge in [-0.05, 0) is 49.9 Å². The highest BCUT2D eigenvalue weighted by Crippen LogP contribution is 2.30. The van der Waals surface area contributed by atoms with Gasteiger partial charge in [-0.3, -0.25) is 0 Å². The van der Waals surface area contributed by atoms with Crippen molar-refractivity contribution < 1.29 is 4.74 Å². The molecule has 0 heterocycles. The molecule has 0 amide bonds. The molecule has 1 rings (SSSR count). The van der Waals surface area contributed by atoms with E-state index in [1.165, 1.54) is 0 Å². The van der Waals surface area contributed by atoms with Crippen LogP contribution in [0.3, 0.4) is 0 Å². The standard InChI is InChI=1S/C14H21ClO/c1-10(2)11(3)14(4,5)16-13-8-6-12(15)7-9-13/h6-11H,1-5H3. The molecule has 0 aromatic heterocycles. The van der Waals surface area contributed by atoms with Crippen LogP contribution >= 0.6 is 11.6 Å². The number of hydrogen-bond acceptors (Lipinski definition) is 1. The smallest absolute Gasteiger partial charge is 0.120 e. The van der Waals surface area contributed by atoms with E-state index in [1.807, 2.05) is 24.3 Å². The molecule has 0 aliphatic rings. The van der Waals surface area contributed by atoms with Crippen molar-refractivity contribution in [2.24, 2.45) is 11.8 Å². The maximum Gasteiger partial charge on any atom is 0.120 e. The average Bonchev–Trinajstić information content (AvgIpc) is 2.20. The van der Waals surface area contributed by atoms with Crippen molar-refractivity contribution in [3.63, 3.8) is 0 Å². The fourth-order valence-corrected chi connectivity index (χ4v) is 1.83. The lowest BCUT2D eigenvalue weighted by Crippen LogP contribution is -2.38. The number of rotatable bonds is 4. The van der Waals surface area contributed by atoms with E-state index in [4.69, 9.17) is 16.3 Å². The molecule has 0 spiro atoms. The molecule has 1 nitrogen and oxygen atoms in total. The zero-order valence-corrected chi connectivity index (χ0v) is 11.5. The molecule has 0 radical (unpaired) electrons. The van der Waals surface area contributed by atoms with Gasteiger partial charge in [0, 0.05) is 5.02 Å². The van der Waals surface area contributed by atoms with Crippen molar-refractivity contribution in [1.82, 2.24) is 0 Å². The highest BCUT2D eigenvalue weighted by molar-refractivity contribution is 6.30. The second kappa shape index (κ2) is 5.09. The first-order chi connectivity index (χ1) is 7.33. The van der Waals surface area contributed by atoms with Crippen LogP contribution in [0.1, 0.15) is 34.6 Å². The Morgan fingerprint density at radius 1 is 1.06 bits per heavy atom. The van der Waals surface area contributed by atoms with Crippen molar-refractivity contribution >= 4 is 11.6 Å². The predicted octanol–water partition coefficient (Wildman–Crippen LogP) is 4.79. The Kier molecular flexibility index (Phi) is 4.26. The first-order valence-electron chi connectivity index (χ1n) is 5.77. The summed E-state index contributed by atoms with van der Waals surface area (Å²) in [6.07, 6.45) is 0. The van der Waals surface area contributed by atoms with E-state index in [1.54, 1.807) is 0 Å². The highest BCUT2D eigenvalue weighted by Gasteiger charge is 2.30. The lowest BCUT2D eigenvalue weighted by Gasteiger charge is -2.35. The predicted molar refractivity (Wildman–Crippen MR) is 70.2 cm³/mol. The van der Waals surface area contributed by atoms with E-state index in [0.717, 1.165) is 10.8 Å². The molecule has 1 unspecified atom stereocenters. The van der Waals surface area contributed by atoms with Crippen molar-refractivity contribution in [1.29, 1.82) is 0 Å². The van der Waals surface area contributed by atoms with Crippen LogP contribution in [0.15, 0.2) is 24.3 Å². The summed E-state index contributed by atoms with van der Waals surface area (Å²) in [5.74, 6) is 1.97. The molecule has 0 saturated heterocycles. The van der Waals surface area contributed by atoms with Gasteiger partial charge in [-0.15, -0.1) is 0 Å². The first kappa shape index (κ1) is 13.4. The van der Waals surface area contributed by atoms with Crippen LogP contribution in [0.4, 0.5) is 0 Å². The summed E-state index contributed by atoms with van der Waals surface area (Å²) in [7, 11) is 0. The molecular weight excluding hydrogens is 220 g/mol. The van der Waals surface area contributed by atoms with Gasteiger partial charge in [0.25, 0.3) is 0 Å². The second-order valence-electron chi connectivity index (χ2n) is 5.19. The van der Waals surface area contributed by atoms with Gasteiger partial charge >= 0.3 is 0 Å². The molecule has 0 aliphatic carbocycles. The topological polar surface area (TPSA) is 9.23 Å². The Morgan fingerprint density at radius 2 is 1.56 bits per heavy atom. The minimum atomic E-state index is -0.165. The maximum absolute atomic E-state index is 6.02. The minimum absolute atomic E-state index is 0.165. The number of ether oxygens (including phenoxy) is 1. The summed E-state index contributed by atoms with van der Waals surface area (Å²) < 4.78 is 6.02. The van der Waals surface area contributed by atoms with Crippen LogP contribution in [-0.4, -0.2) is 5.60 Å². The van der Waals surface area contributed by atoms with Crippen molar-refractivity contribution in [3.05, 3.63) is 29.3 Å². The quantitative estimate of drug-likeness (QED) is 0.735. The molecule has 2 heteroatoms. The third-order valence-electron chi connectivity index (χ3n) is 3.29. The summed E-state index contributed by atoms with van der Waals surface area (Å²) in [4.78, 5) is 0. The number of hydrogen-bond donors (Lipinski definition) is 0. The molecular formula is C14H21ClO. The molecule has 1 aromatic rings. The van der Waals surface area contributed by atoms with E-state index < -0.39 is 0 Å². The highest BCUT2D eigenvalue weighted by atomic mass is 35.5. The van der Waals surface area contributed by atoms with Crippen molar-refractivity contribution in [2.45, 2.75) is 40.2 Å². The number of benzene rings is 1. The van der Waals surface area contributed by atoms with Gasteiger partial charge in [-0.25, -0.2) is 0 Å². The van der Waals surface area contributed by atoms with Crippen LogP contribution in [-0.2, 0) is 0 Å². The van der Waals surface area contributed by atoms with E-state index in [0.29, 0.717) is 11.8 Å². The maximum atomic E-state index is 6.02. The van der Waals surface area contributed by atoms with Crippen LogP contribution in [0.5, 0.6) is 5.75 Å². The third-order valence-corrected chi connectivity index (χ3v) is 3.54. The Labute approximate surface area is 104 Å². The molecule has 1 atom stereocenters. The van der Waals surface area contributed by atoms with Gasteiger partial charge in [0.15, 0.2) is 0 Å². The van der Waals surface area contributed by atoms with Crippen LogP contribution < -0.4 is 4.74 Å². The van der Waals surface area contributed by atoms with E-state index in [9.17, 15) is 0 Å². The molecule has 0 N–H and O–H groups in total. The fourth-order valence-electron chi connectivity index (χ4n) is 1.70. The van der Waals surface area contributed by atoms with Gasteiger partial charge in [0.2, 0.25) is 0 Å². The molecule has 0 aliphatic heterocycles. The van der Waals surface area contributed by atoms with Gasteiger partial charge in [0.1, 0.15) is 11.4 Å². The molecule has 0 saturated carbocycles. The lowest BCUT2D eigenvalue weighted by atomic mass is 9.83. The van der Waals surface area contributed by atoms with Crippen molar-refractivity contribution in [3.8, 4) is 5.75 Å². The fraction of sp³-hybridized carbons (Fsp3) is 0.571. The van der Waals surface area contributed by atoms with Gasteiger partial charge in [-0.1, -0.05) is 32.4 Å². The average molecular weight is 241 g/mol. The van der Waals surface area contributed by atoms with E-state index >= 15 is 0 Å². The monoisotopic (exact) mass is 240 g/mol. The zero-order valence-electron chi connectivity index (χ0n) is 10.8. The molecule has 90 valence electrons. The lowest BCUT2D eigenvalue weighted by molar-refractivity contribution is 0.0305.